The summed E-state index contributed by atoms with van der Waals surface area (Å²) in [6.45, 7) is 2.16. The summed E-state index contributed by atoms with van der Waals surface area (Å²) in [6.07, 6.45) is 5.77. The molecule has 0 saturated heterocycles. The lowest BCUT2D eigenvalue weighted by Crippen LogP contribution is -2.12. The molecule has 0 atom stereocenters. The third kappa shape index (κ3) is 4.11. The molecular weight excluding hydrogens is 353 g/mol. The van der Waals surface area contributed by atoms with Crippen LogP contribution in [0.25, 0.3) is 11.1 Å². The monoisotopic (exact) mass is 379 g/mol. The Balaban J connectivity index is 1.42. The van der Waals surface area contributed by atoms with Crippen LogP contribution in [-0.2, 0) is 0 Å². The molecule has 4 heteroatoms. The summed E-state index contributed by atoms with van der Waals surface area (Å²) in [7, 11) is 0. The van der Waals surface area contributed by atoms with E-state index in [1.165, 1.54) is 5.56 Å². The summed E-state index contributed by atoms with van der Waals surface area (Å²) < 4.78 is 24.4. The molecule has 1 aliphatic carbocycles. The van der Waals surface area contributed by atoms with Crippen molar-refractivity contribution in [2.75, 3.05) is 6.61 Å². The minimum Gasteiger partial charge on any atom is -0.489 e. The summed E-state index contributed by atoms with van der Waals surface area (Å²) >= 11 is 0. The van der Waals surface area contributed by atoms with Gasteiger partial charge in [0.2, 0.25) is 0 Å². The zero-order chi connectivity index (χ0) is 19.3. The quantitative estimate of drug-likeness (QED) is 0.467. The molecule has 1 aliphatic rings. The van der Waals surface area contributed by atoms with E-state index in [2.05, 4.69) is 30.3 Å². The lowest BCUT2D eigenvalue weighted by molar-refractivity contribution is 0.341. The third-order valence-corrected chi connectivity index (χ3v) is 5.76. The van der Waals surface area contributed by atoms with Crippen LogP contribution in [0.1, 0.15) is 62.3 Å². The van der Waals surface area contributed by atoms with Gasteiger partial charge in [0.15, 0.2) is 11.5 Å². The van der Waals surface area contributed by atoms with E-state index in [1.807, 2.05) is 25.1 Å². The average molecular weight is 379 g/mol. The normalized spacial score (nSPS) is 20.4. The minimum absolute atomic E-state index is 0.253. The number of ether oxygens (including phenoxy) is 1. The standard InChI is InChI=1S/C24H26FNO2/c1-2-17(15-25)16-27-21-12-13-22-23(14-21)28-24(26-22)20-10-8-19(9-11-20)18-6-4-3-5-7-18/h3-7,12-15,19-20H,2,8-11,16H2,1H3/b17-15+. The van der Waals surface area contributed by atoms with Crippen LogP contribution in [0.15, 0.2) is 64.9 Å². The molecule has 0 N–H and O–H groups in total. The summed E-state index contributed by atoms with van der Waals surface area (Å²) in [4.78, 5) is 4.71. The number of rotatable bonds is 6. The fourth-order valence-electron chi connectivity index (χ4n) is 3.97. The van der Waals surface area contributed by atoms with E-state index in [4.69, 9.17) is 14.1 Å². The molecular formula is C24H26FNO2. The van der Waals surface area contributed by atoms with Crippen molar-refractivity contribution in [2.45, 2.75) is 50.9 Å². The highest BCUT2D eigenvalue weighted by Crippen LogP contribution is 2.41. The number of nitrogens with zero attached hydrogens (tertiary/aromatic N) is 1. The van der Waals surface area contributed by atoms with E-state index in [0.29, 0.717) is 35.9 Å². The van der Waals surface area contributed by atoms with Gasteiger partial charge in [-0.2, -0.15) is 0 Å². The number of aromatic nitrogens is 1. The molecule has 1 aromatic heterocycles. The van der Waals surface area contributed by atoms with Crippen LogP contribution in [-0.4, -0.2) is 11.6 Å². The van der Waals surface area contributed by atoms with Crippen LogP contribution < -0.4 is 4.74 Å². The van der Waals surface area contributed by atoms with Crippen molar-refractivity contribution in [3.05, 3.63) is 71.9 Å². The zero-order valence-electron chi connectivity index (χ0n) is 16.2. The molecule has 28 heavy (non-hydrogen) atoms. The first kappa shape index (κ1) is 18.7. The Morgan fingerprint density at radius 1 is 1.11 bits per heavy atom. The second-order valence-electron chi connectivity index (χ2n) is 7.55. The van der Waals surface area contributed by atoms with Gasteiger partial charge < -0.3 is 9.15 Å². The molecule has 2 aromatic carbocycles. The Morgan fingerprint density at radius 2 is 1.86 bits per heavy atom. The Hall–Kier alpha value is -2.62. The number of benzene rings is 2. The molecule has 0 amide bonds. The molecule has 1 fully saturated rings. The lowest BCUT2D eigenvalue weighted by atomic mass is 9.79. The molecule has 1 heterocycles. The number of halogens is 1. The molecule has 0 bridgehead atoms. The second kappa shape index (κ2) is 8.59. The van der Waals surface area contributed by atoms with E-state index < -0.39 is 0 Å². The number of oxazole rings is 1. The fourth-order valence-corrected chi connectivity index (χ4v) is 3.97. The topological polar surface area (TPSA) is 35.3 Å². The molecule has 1 saturated carbocycles. The SMILES string of the molecule is CC/C(=C\F)COc1ccc2nc(C3CCC(c4ccccc4)CC3)oc2c1. The highest BCUT2D eigenvalue weighted by molar-refractivity contribution is 5.74. The van der Waals surface area contributed by atoms with Crippen molar-refractivity contribution >= 4 is 11.1 Å². The Morgan fingerprint density at radius 3 is 2.57 bits per heavy atom. The highest BCUT2D eigenvalue weighted by atomic mass is 19.1. The molecule has 3 aromatic rings. The van der Waals surface area contributed by atoms with Gasteiger partial charge in [0, 0.05) is 12.0 Å². The molecule has 146 valence electrons. The van der Waals surface area contributed by atoms with Crippen LogP contribution in [0.3, 0.4) is 0 Å². The molecule has 0 radical (unpaired) electrons. The van der Waals surface area contributed by atoms with Crippen LogP contribution in [0.5, 0.6) is 5.75 Å². The van der Waals surface area contributed by atoms with E-state index in [-0.39, 0.29) is 6.61 Å². The van der Waals surface area contributed by atoms with Crippen LogP contribution in [0.2, 0.25) is 0 Å². The molecule has 0 unspecified atom stereocenters. The van der Waals surface area contributed by atoms with E-state index >= 15 is 0 Å². The third-order valence-electron chi connectivity index (χ3n) is 5.76. The van der Waals surface area contributed by atoms with Gasteiger partial charge in [0.25, 0.3) is 0 Å². The van der Waals surface area contributed by atoms with E-state index in [0.717, 1.165) is 42.7 Å². The van der Waals surface area contributed by atoms with Gasteiger partial charge in [0.1, 0.15) is 17.9 Å². The maximum atomic E-state index is 12.7. The first-order valence-corrected chi connectivity index (χ1v) is 10.1. The molecule has 4 rings (SSSR count). The first-order chi connectivity index (χ1) is 13.8. The summed E-state index contributed by atoms with van der Waals surface area (Å²) in [5.41, 5.74) is 3.66. The minimum atomic E-state index is 0.253. The predicted molar refractivity (Wildman–Crippen MR) is 109 cm³/mol. The van der Waals surface area contributed by atoms with Gasteiger partial charge in [-0.1, -0.05) is 37.3 Å². The van der Waals surface area contributed by atoms with E-state index in [9.17, 15) is 4.39 Å². The first-order valence-electron chi connectivity index (χ1n) is 10.1. The van der Waals surface area contributed by atoms with E-state index in [1.54, 1.807) is 0 Å². The largest absolute Gasteiger partial charge is 0.489 e. The Labute approximate surface area is 165 Å². The number of hydrogen-bond donors (Lipinski definition) is 0. The summed E-state index contributed by atoms with van der Waals surface area (Å²) in [5.74, 6) is 2.52. The van der Waals surface area contributed by atoms with Crippen molar-refractivity contribution in [1.82, 2.24) is 4.98 Å². The van der Waals surface area contributed by atoms with Crippen molar-refractivity contribution < 1.29 is 13.5 Å². The van der Waals surface area contributed by atoms with Crippen molar-refractivity contribution in [3.8, 4) is 5.75 Å². The Kier molecular flexibility index (Phi) is 5.75. The van der Waals surface area contributed by atoms with Gasteiger partial charge in [-0.25, -0.2) is 9.37 Å². The lowest BCUT2D eigenvalue weighted by Gasteiger charge is -2.27. The van der Waals surface area contributed by atoms with Gasteiger partial charge in [-0.05, 0) is 61.3 Å². The van der Waals surface area contributed by atoms with Gasteiger partial charge in [-0.3, -0.25) is 0 Å². The molecule has 3 nitrogen and oxygen atoms in total. The summed E-state index contributed by atoms with van der Waals surface area (Å²) in [5, 5.41) is 0. The van der Waals surface area contributed by atoms with Gasteiger partial charge in [0.05, 0.1) is 6.33 Å². The van der Waals surface area contributed by atoms with Crippen molar-refractivity contribution in [1.29, 1.82) is 0 Å². The summed E-state index contributed by atoms with van der Waals surface area (Å²) in [6, 6.07) is 16.4. The maximum absolute atomic E-state index is 12.7. The predicted octanol–water partition coefficient (Wildman–Crippen LogP) is 6.91. The molecule has 0 aliphatic heterocycles. The second-order valence-corrected chi connectivity index (χ2v) is 7.55. The van der Waals surface area contributed by atoms with Crippen LogP contribution in [0, 0.1) is 0 Å². The number of fused-ring (bicyclic) bond motifs is 1. The van der Waals surface area contributed by atoms with Crippen molar-refractivity contribution in [2.24, 2.45) is 0 Å². The van der Waals surface area contributed by atoms with Gasteiger partial charge >= 0.3 is 0 Å². The maximum Gasteiger partial charge on any atom is 0.198 e. The van der Waals surface area contributed by atoms with Gasteiger partial charge in [-0.15, -0.1) is 0 Å². The van der Waals surface area contributed by atoms with Crippen molar-refractivity contribution in [3.63, 3.8) is 0 Å². The zero-order valence-corrected chi connectivity index (χ0v) is 16.2. The van der Waals surface area contributed by atoms with Crippen LogP contribution >= 0.6 is 0 Å². The highest BCUT2D eigenvalue weighted by Gasteiger charge is 2.26. The number of hydrogen-bond acceptors (Lipinski definition) is 3. The Bertz CT molecular complexity index is 940. The average Bonchev–Trinajstić information content (AvgIpc) is 3.19. The van der Waals surface area contributed by atoms with Crippen LogP contribution in [0.4, 0.5) is 4.39 Å². The fraction of sp³-hybridized carbons (Fsp3) is 0.375. The smallest absolute Gasteiger partial charge is 0.198 e. The molecule has 0 spiro atoms.